The number of carbonyl (C=O) groups is 2. The van der Waals surface area contributed by atoms with Crippen LogP contribution < -0.4 is 0 Å². The Labute approximate surface area is 101 Å². The fourth-order valence-electron chi connectivity index (χ4n) is 1.42. The molecule has 0 saturated carbocycles. The van der Waals surface area contributed by atoms with Crippen molar-refractivity contribution in [2.24, 2.45) is 5.92 Å². The van der Waals surface area contributed by atoms with Crippen LogP contribution in [0.15, 0.2) is 12.7 Å². The summed E-state index contributed by atoms with van der Waals surface area (Å²) in [4.78, 5) is 23.4. The molecule has 1 atom stereocenters. The maximum atomic E-state index is 11.7. The fourth-order valence-corrected chi connectivity index (χ4v) is 1.42. The van der Waals surface area contributed by atoms with Crippen LogP contribution in [0.25, 0.3) is 0 Å². The van der Waals surface area contributed by atoms with Gasteiger partial charge in [-0.05, 0) is 20.3 Å². The van der Waals surface area contributed by atoms with Crippen LogP contribution in [0.2, 0.25) is 0 Å². The summed E-state index contributed by atoms with van der Waals surface area (Å²) in [5.74, 6) is -2.98. The molecule has 0 aliphatic rings. The van der Waals surface area contributed by atoms with Crippen molar-refractivity contribution in [3.63, 3.8) is 0 Å². The van der Waals surface area contributed by atoms with E-state index >= 15 is 0 Å². The zero-order chi connectivity index (χ0) is 13.5. The van der Waals surface area contributed by atoms with E-state index in [0.717, 1.165) is 0 Å². The van der Waals surface area contributed by atoms with E-state index < -0.39 is 23.5 Å². The smallest absolute Gasteiger partial charge is 0.323 e. The van der Waals surface area contributed by atoms with Gasteiger partial charge in [0.1, 0.15) is 5.60 Å². The zero-order valence-corrected chi connectivity index (χ0v) is 10.6. The number of hydrogen-bond donors (Lipinski definition) is 1. The molecule has 1 unspecified atom stereocenters. The SMILES string of the molecule is C=CC(O)(CC)C(C(=O)OCC)C(=O)OCC. The highest BCUT2D eigenvalue weighted by molar-refractivity contribution is 5.96. The van der Waals surface area contributed by atoms with E-state index in [2.05, 4.69) is 6.58 Å². The summed E-state index contributed by atoms with van der Waals surface area (Å²) in [6.45, 7) is 8.60. The fraction of sp³-hybridized carbons (Fsp3) is 0.667. The Morgan fingerprint density at radius 2 is 1.65 bits per heavy atom. The Kier molecular flexibility index (Phi) is 6.50. The van der Waals surface area contributed by atoms with Crippen molar-refractivity contribution in [1.29, 1.82) is 0 Å². The molecule has 0 aliphatic heterocycles. The molecule has 0 heterocycles. The largest absolute Gasteiger partial charge is 0.465 e. The van der Waals surface area contributed by atoms with Gasteiger partial charge in [0.15, 0.2) is 5.92 Å². The first-order chi connectivity index (χ1) is 7.96. The Hall–Kier alpha value is -1.36. The third-order valence-corrected chi connectivity index (χ3v) is 2.46. The number of hydrogen-bond acceptors (Lipinski definition) is 5. The maximum Gasteiger partial charge on any atom is 0.323 e. The maximum absolute atomic E-state index is 11.7. The van der Waals surface area contributed by atoms with Crippen LogP contribution in [0.1, 0.15) is 27.2 Å². The molecule has 17 heavy (non-hydrogen) atoms. The van der Waals surface area contributed by atoms with Crippen LogP contribution in [0, 0.1) is 5.92 Å². The molecule has 1 N–H and O–H groups in total. The first-order valence-corrected chi connectivity index (χ1v) is 5.66. The van der Waals surface area contributed by atoms with Gasteiger partial charge in [0.2, 0.25) is 0 Å². The molecule has 98 valence electrons. The normalized spacial score (nSPS) is 13.9. The second-order valence-corrected chi connectivity index (χ2v) is 3.49. The Bertz CT molecular complexity index is 269. The Balaban J connectivity index is 5.15. The van der Waals surface area contributed by atoms with E-state index in [9.17, 15) is 14.7 Å². The van der Waals surface area contributed by atoms with Gasteiger partial charge < -0.3 is 14.6 Å². The third kappa shape index (κ3) is 3.85. The summed E-state index contributed by atoms with van der Waals surface area (Å²) in [5.41, 5.74) is -1.64. The summed E-state index contributed by atoms with van der Waals surface area (Å²) >= 11 is 0. The molecule has 0 aromatic rings. The van der Waals surface area contributed by atoms with Crippen molar-refractivity contribution in [3.8, 4) is 0 Å². The first kappa shape index (κ1) is 15.6. The lowest BCUT2D eigenvalue weighted by atomic mass is 9.85. The minimum Gasteiger partial charge on any atom is -0.465 e. The van der Waals surface area contributed by atoms with Crippen LogP contribution in [-0.2, 0) is 19.1 Å². The summed E-state index contributed by atoms with van der Waals surface area (Å²) in [6.07, 6.45) is 1.34. The van der Waals surface area contributed by atoms with E-state index in [4.69, 9.17) is 9.47 Å². The average molecular weight is 244 g/mol. The number of rotatable bonds is 7. The van der Waals surface area contributed by atoms with E-state index in [0.29, 0.717) is 0 Å². The molecule has 0 bridgehead atoms. The van der Waals surface area contributed by atoms with Crippen LogP contribution in [0.4, 0.5) is 0 Å². The highest BCUT2D eigenvalue weighted by Crippen LogP contribution is 2.25. The summed E-state index contributed by atoms with van der Waals surface area (Å²) < 4.78 is 9.55. The summed E-state index contributed by atoms with van der Waals surface area (Å²) in [6, 6.07) is 0. The lowest BCUT2D eigenvalue weighted by Gasteiger charge is -2.29. The van der Waals surface area contributed by atoms with Gasteiger partial charge in [0.05, 0.1) is 13.2 Å². The first-order valence-electron chi connectivity index (χ1n) is 5.66. The second kappa shape index (κ2) is 7.06. The lowest BCUT2D eigenvalue weighted by molar-refractivity contribution is -0.171. The van der Waals surface area contributed by atoms with Gasteiger partial charge in [-0.2, -0.15) is 0 Å². The number of ether oxygens (including phenoxy) is 2. The minimum atomic E-state index is -1.64. The molecular formula is C12H20O5. The third-order valence-electron chi connectivity index (χ3n) is 2.46. The summed E-state index contributed by atoms with van der Waals surface area (Å²) in [5, 5.41) is 10.2. The van der Waals surface area contributed by atoms with E-state index in [1.54, 1.807) is 20.8 Å². The van der Waals surface area contributed by atoms with Gasteiger partial charge in [0.25, 0.3) is 0 Å². The molecule has 0 amide bonds. The molecule has 5 nitrogen and oxygen atoms in total. The van der Waals surface area contributed by atoms with Crippen molar-refractivity contribution >= 4 is 11.9 Å². The van der Waals surface area contributed by atoms with E-state index in [1.807, 2.05) is 0 Å². The van der Waals surface area contributed by atoms with Crippen LogP contribution in [0.5, 0.6) is 0 Å². The van der Waals surface area contributed by atoms with Crippen molar-refractivity contribution in [2.45, 2.75) is 32.8 Å². The van der Waals surface area contributed by atoms with Crippen LogP contribution in [-0.4, -0.2) is 35.9 Å². The standard InChI is InChI=1S/C12H20O5/c1-5-12(15,6-2)9(10(13)16-7-3)11(14)17-8-4/h5,9,15H,1,6-8H2,2-4H3. The highest BCUT2D eigenvalue weighted by Gasteiger charge is 2.45. The molecule has 0 radical (unpaired) electrons. The van der Waals surface area contributed by atoms with Gasteiger partial charge in [-0.25, -0.2) is 0 Å². The predicted molar refractivity (Wildman–Crippen MR) is 62.2 cm³/mol. The molecule has 0 fully saturated rings. The predicted octanol–water partition coefficient (Wildman–Crippen LogP) is 1.06. The van der Waals surface area contributed by atoms with Crippen molar-refractivity contribution in [3.05, 3.63) is 12.7 Å². The van der Waals surface area contributed by atoms with Crippen molar-refractivity contribution in [2.75, 3.05) is 13.2 Å². The van der Waals surface area contributed by atoms with Gasteiger partial charge in [-0.1, -0.05) is 13.0 Å². The Morgan fingerprint density at radius 3 is 1.88 bits per heavy atom. The van der Waals surface area contributed by atoms with Gasteiger partial charge in [-0.3, -0.25) is 9.59 Å². The molecule has 5 heteroatoms. The monoisotopic (exact) mass is 244 g/mol. The molecule has 0 aromatic carbocycles. The van der Waals surface area contributed by atoms with Crippen molar-refractivity contribution < 1.29 is 24.2 Å². The highest BCUT2D eigenvalue weighted by atomic mass is 16.6. The summed E-state index contributed by atoms with van der Waals surface area (Å²) in [7, 11) is 0. The number of aliphatic hydroxyl groups is 1. The van der Waals surface area contributed by atoms with E-state index in [1.165, 1.54) is 6.08 Å². The molecular weight excluding hydrogens is 224 g/mol. The Morgan fingerprint density at radius 1 is 1.24 bits per heavy atom. The molecule has 0 saturated heterocycles. The minimum absolute atomic E-state index is 0.131. The van der Waals surface area contributed by atoms with Gasteiger partial charge in [-0.15, -0.1) is 6.58 Å². The van der Waals surface area contributed by atoms with E-state index in [-0.39, 0.29) is 19.6 Å². The molecule has 0 aliphatic carbocycles. The zero-order valence-electron chi connectivity index (χ0n) is 10.6. The average Bonchev–Trinajstić information content (AvgIpc) is 2.29. The molecule has 0 spiro atoms. The van der Waals surface area contributed by atoms with Gasteiger partial charge in [0, 0.05) is 0 Å². The van der Waals surface area contributed by atoms with Crippen LogP contribution in [0.3, 0.4) is 0 Å². The lowest BCUT2D eigenvalue weighted by Crippen LogP contribution is -2.46. The topological polar surface area (TPSA) is 72.8 Å². The quantitative estimate of drug-likeness (QED) is 0.412. The van der Waals surface area contributed by atoms with Crippen molar-refractivity contribution in [1.82, 2.24) is 0 Å². The second-order valence-electron chi connectivity index (χ2n) is 3.49. The van der Waals surface area contributed by atoms with Gasteiger partial charge >= 0.3 is 11.9 Å². The molecule has 0 rings (SSSR count). The van der Waals surface area contributed by atoms with Crippen LogP contribution >= 0.6 is 0 Å². The molecule has 0 aromatic heterocycles. The number of carbonyl (C=O) groups excluding carboxylic acids is 2. The number of esters is 2.